The topological polar surface area (TPSA) is 186 Å². The van der Waals surface area contributed by atoms with E-state index in [4.69, 9.17) is 18.9 Å². The van der Waals surface area contributed by atoms with Gasteiger partial charge in [-0.1, -0.05) is 6.07 Å². The Kier molecular flexibility index (Phi) is 10.3. The van der Waals surface area contributed by atoms with E-state index in [1.165, 1.54) is 25.5 Å². The Morgan fingerprint density at radius 2 is 2.02 bits per heavy atom. The van der Waals surface area contributed by atoms with Crippen LogP contribution in [0.25, 0.3) is 0 Å². The van der Waals surface area contributed by atoms with Crippen molar-refractivity contribution in [3.05, 3.63) is 68.9 Å². The summed E-state index contributed by atoms with van der Waals surface area (Å²) in [6.07, 6.45) is 0.166. The Morgan fingerprint density at radius 1 is 1.26 bits per heavy atom. The minimum Gasteiger partial charge on any atom is -0.490 e. The molecular formula is C28H34N6O9. The summed E-state index contributed by atoms with van der Waals surface area (Å²) in [5, 5.41) is 31.2. The number of anilines is 1. The molecule has 0 saturated carbocycles. The zero-order valence-electron chi connectivity index (χ0n) is 24.0. The second-order valence-electron chi connectivity index (χ2n) is 9.51. The molecule has 2 aromatic rings. The van der Waals surface area contributed by atoms with Crippen molar-refractivity contribution in [3.8, 4) is 11.5 Å². The molecular weight excluding hydrogens is 564 g/mol. The zero-order valence-corrected chi connectivity index (χ0v) is 24.0. The molecule has 0 aromatic heterocycles. The smallest absolute Gasteiger partial charge is 0.337 e. The number of carbonyl (C=O) groups excluding carboxylic acids is 2. The first-order chi connectivity index (χ1) is 20.7. The van der Waals surface area contributed by atoms with E-state index in [9.17, 15) is 24.8 Å². The molecule has 2 atom stereocenters. The lowest BCUT2D eigenvalue weighted by Gasteiger charge is -2.29. The van der Waals surface area contributed by atoms with Crippen LogP contribution in [0.2, 0.25) is 0 Å². The van der Waals surface area contributed by atoms with Crippen molar-refractivity contribution in [3.63, 3.8) is 0 Å². The minimum absolute atomic E-state index is 0.0809. The highest BCUT2D eigenvalue weighted by molar-refractivity contribution is 5.95. The van der Waals surface area contributed by atoms with Gasteiger partial charge in [0.05, 0.1) is 49.7 Å². The molecule has 15 heteroatoms. The third-order valence-electron chi connectivity index (χ3n) is 6.67. The van der Waals surface area contributed by atoms with Gasteiger partial charge in [0.1, 0.15) is 6.61 Å². The fourth-order valence-corrected chi connectivity index (χ4v) is 4.67. The van der Waals surface area contributed by atoms with E-state index in [1.807, 2.05) is 4.90 Å². The van der Waals surface area contributed by atoms with Gasteiger partial charge in [0, 0.05) is 42.2 Å². The van der Waals surface area contributed by atoms with E-state index >= 15 is 0 Å². The van der Waals surface area contributed by atoms with Gasteiger partial charge in [-0.15, -0.1) is 0 Å². The molecule has 43 heavy (non-hydrogen) atoms. The molecule has 1 saturated heterocycles. The van der Waals surface area contributed by atoms with Gasteiger partial charge in [0.25, 0.3) is 5.69 Å². The number of carbonyl (C=O) groups is 2. The predicted octanol–water partition coefficient (Wildman–Crippen LogP) is 1.95. The predicted molar refractivity (Wildman–Crippen MR) is 155 cm³/mol. The number of hydrazone groups is 1. The molecule has 4 rings (SSSR count). The van der Waals surface area contributed by atoms with Crippen LogP contribution in [-0.2, 0) is 14.3 Å². The number of benzene rings is 2. The van der Waals surface area contributed by atoms with Crippen molar-refractivity contribution in [2.24, 2.45) is 5.10 Å². The highest BCUT2D eigenvalue weighted by atomic mass is 16.6. The Balaban J connectivity index is 1.45. The van der Waals surface area contributed by atoms with E-state index in [1.54, 1.807) is 38.1 Å². The maximum Gasteiger partial charge on any atom is 0.337 e. The normalized spacial score (nSPS) is 17.6. The van der Waals surface area contributed by atoms with E-state index in [0.717, 1.165) is 5.69 Å². The highest BCUT2D eigenvalue weighted by Crippen LogP contribution is 2.35. The number of urea groups is 1. The number of nitrogens with zero attached hydrogens (tertiary/aromatic N) is 3. The highest BCUT2D eigenvalue weighted by Gasteiger charge is 2.32. The van der Waals surface area contributed by atoms with Crippen LogP contribution >= 0.6 is 0 Å². The van der Waals surface area contributed by atoms with Crippen molar-refractivity contribution in [2.75, 3.05) is 51.5 Å². The molecule has 0 radical (unpaired) electrons. The number of ether oxygens (including phenoxy) is 4. The van der Waals surface area contributed by atoms with Crippen molar-refractivity contribution in [2.45, 2.75) is 26.1 Å². The number of non-ortho nitro benzene ring substituents is 1. The zero-order chi connectivity index (χ0) is 30.9. The largest absolute Gasteiger partial charge is 0.490 e. The molecule has 230 valence electrons. The molecule has 2 aromatic carbocycles. The summed E-state index contributed by atoms with van der Waals surface area (Å²) in [5.74, 6) is 0.0478. The molecule has 0 bridgehead atoms. The van der Waals surface area contributed by atoms with Gasteiger partial charge >= 0.3 is 12.0 Å². The van der Waals surface area contributed by atoms with Crippen LogP contribution in [0.1, 0.15) is 31.0 Å². The van der Waals surface area contributed by atoms with E-state index in [2.05, 4.69) is 21.2 Å². The number of nitrogens with one attached hydrogen (secondary N) is 3. The average molecular weight is 599 g/mol. The Bertz CT molecular complexity index is 1410. The fraction of sp³-hybridized carbons (Fsp3) is 0.393. The third-order valence-corrected chi connectivity index (χ3v) is 6.67. The first-order valence-corrected chi connectivity index (χ1v) is 13.6. The van der Waals surface area contributed by atoms with Crippen molar-refractivity contribution in [1.82, 2.24) is 16.1 Å². The standard InChI is InChI=1S/C28H34N6O9/c1-4-42-23-14-18(26-25(27(36)40-3)17(2)30-28(37)31-26)5-8-22(23)43-16-24(35)32-29-15-19-13-20(34(38)39)6-7-21(19)33-9-11-41-12-10-33/h5-8,13-15,24,26,32,35H,4,9-12,16H2,1-3H3,(H2,30,31,37)/b29-15-/t24-,26-/m0/s1. The summed E-state index contributed by atoms with van der Waals surface area (Å²) in [7, 11) is 1.26. The minimum atomic E-state index is -1.24. The monoisotopic (exact) mass is 598 g/mol. The molecule has 2 amide bonds. The lowest BCUT2D eigenvalue weighted by Crippen LogP contribution is -2.45. The molecule has 1 fully saturated rings. The molecule has 0 spiro atoms. The van der Waals surface area contributed by atoms with E-state index in [-0.39, 0.29) is 17.9 Å². The quantitative estimate of drug-likeness (QED) is 0.0920. The van der Waals surface area contributed by atoms with Crippen LogP contribution in [0.3, 0.4) is 0 Å². The first kappa shape index (κ1) is 31.1. The number of amides is 2. The summed E-state index contributed by atoms with van der Waals surface area (Å²) in [6.45, 7) is 5.83. The molecule has 0 unspecified atom stereocenters. The number of methoxy groups -OCH3 is 1. The van der Waals surface area contributed by atoms with Crippen molar-refractivity contribution >= 4 is 29.6 Å². The number of aliphatic hydroxyl groups is 1. The molecule has 4 N–H and O–H groups in total. The second-order valence-corrected chi connectivity index (χ2v) is 9.51. The number of hydrogen-bond acceptors (Lipinski definition) is 12. The molecule has 15 nitrogen and oxygen atoms in total. The summed E-state index contributed by atoms with van der Waals surface area (Å²) in [6, 6.07) is 8.18. The summed E-state index contributed by atoms with van der Waals surface area (Å²) in [4.78, 5) is 37.5. The van der Waals surface area contributed by atoms with Crippen LogP contribution in [0, 0.1) is 10.1 Å². The Morgan fingerprint density at radius 3 is 2.72 bits per heavy atom. The Hall–Kier alpha value is -4.89. The third kappa shape index (κ3) is 7.69. The van der Waals surface area contributed by atoms with Gasteiger partial charge in [-0.25, -0.2) is 9.59 Å². The second kappa shape index (κ2) is 14.3. The van der Waals surface area contributed by atoms with Gasteiger partial charge in [0.2, 0.25) is 0 Å². The van der Waals surface area contributed by atoms with Crippen LogP contribution in [0.15, 0.2) is 52.8 Å². The lowest BCUT2D eigenvalue weighted by molar-refractivity contribution is -0.384. The van der Waals surface area contributed by atoms with Gasteiger partial charge in [0.15, 0.2) is 17.7 Å². The van der Waals surface area contributed by atoms with Crippen molar-refractivity contribution in [1.29, 1.82) is 0 Å². The van der Waals surface area contributed by atoms with Gasteiger partial charge < -0.3 is 39.6 Å². The molecule has 0 aliphatic carbocycles. The van der Waals surface area contributed by atoms with Crippen LogP contribution in [-0.4, -0.2) is 81.1 Å². The number of morpholine rings is 1. The van der Waals surface area contributed by atoms with Gasteiger partial charge in [-0.05, 0) is 37.6 Å². The summed E-state index contributed by atoms with van der Waals surface area (Å²) < 4.78 is 21.8. The van der Waals surface area contributed by atoms with E-state index < -0.39 is 29.2 Å². The average Bonchev–Trinajstić information content (AvgIpc) is 3.00. The SMILES string of the molecule is CCOc1cc([C@@H]2NC(=O)NC(C)=C2C(=O)OC)ccc1OC[C@H](O)N/N=C\c1cc([N+](=O)[O-])ccc1N1CCOCC1. The van der Waals surface area contributed by atoms with E-state index in [0.29, 0.717) is 61.2 Å². The van der Waals surface area contributed by atoms with Gasteiger partial charge in [-0.2, -0.15) is 5.10 Å². The summed E-state index contributed by atoms with van der Waals surface area (Å²) in [5.41, 5.74) is 4.92. The number of allylic oxidation sites excluding steroid dienone is 1. The molecule has 2 aliphatic rings. The first-order valence-electron chi connectivity index (χ1n) is 13.6. The number of hydrogen-bond donors (Lipinski definition) is 4. The number of rotatable bonds is 12. The van der Waals surface area contributed by atoms with Crippen molar-refractivity contribution < 1.29 is 38.6 Å². The summed E-state index contributed by atoms with van der Waals surface area (Å²) >= 11 is 0. The Labute approximate surface area is 247 Å². The number of nitro groups is 1. The van der Waals surface area contributed by atoms with Crippen LogP contribution in [0.5, 0.6) is 11.5 Å². The lowest BCUT2D eigenvalue weighted by atomic mass is 9.95. The molecule has 2 heterocycles. The number of aliphatic hydroxyl groups excluding tert-OH is 1. The molecule has 2 aliphatic heterocycles. The fourth-order valence-electron chi connectivity index (χ4n) is 4.67. The van der Waals surface area contributed by atoms with Gasteiger partial charge in [-0.3, -0.25) is 15.5 Å². The van der Waals surface area contributed by atoms with Crippen LogP contribution in [0.4, 0.5) is 16.2 Å². The maximum absolute atomic E-state index is 12.4. The maximum atomic E-state index is 12.4. The number of nitro benzene ring substituents is 1. The number of esters is 1. The van der Waals surface area contributed by atoms with Crippen LogP contribution < -0.4 is 30.4 Å².